The van der Waals surface area contributed by atoms with Gasteiger partial charge in [-0.15, -0.1) is 0 Å². The van der Waals surface area contributed by atoms with E-state index in [0.29, 0.717) is 5.69 Å². The topological polar surface area (TPSA) is 50.4 Å². The Bertz CT molecular complexity index is 633. The summed E-state index contributed by atoms with van der Waals surface area (Å²) < 4.78 is 43.3. The van der Waals surface area contributed by atoms with Gasteiger partial charge in [0.25, 0.3) is 0 Å². The summed E-state index contributed by atoms with van der Waals surface area (Å²) in [7, 11) is 0. The summed E-state index contributed by atoms with van der Waals surface area (Å²) in [5.74, 6) is 0. The second-order valence-electron chi connectivity index (χ2n) is 4.41. The molecule has 0 aliphatic rings. The predicted molar refractivity (Wildman–Crippen MR) is 84.0 cm³/mol. The third kappa shape index (κ3) is 6.52. The van der Waals surface area contributed by atoms with Gasteiger partial charge in [0.05, 0.1) is 11.9 Å². The van der Waals surface area contributed by atoms with Crippen LogP contribution in [0.1, 0.15) is 5.56 Å². The first kappa shape index (κ1) is 17.0. The molecule has 0 radical (unpaired) electrons. The molecule has 0 unspecified atom stereocenters. The average Bonchev–Trinajstić information content (AvgIpc) is 2.53. The number of hydrogen-bond donors (Lipinski definition) is 2. The van der Waals surface area contributed by atoms with Gasteiger partial charge in [0, 0.05) is 11.4 Å². The van der Waals surface area contributed by atoms with Crippen LogP contribution in [0.3, 0.4) is 0 Å². The number of carbonyl (C=O) groups excluding carboxylic acids is 1. The highest BCUT2D eigenvalue weighted by molar-refractivity contribution is 8.01. The molecular formula is C15H13F3N2O2S. The second kappa shape index (κ2) is 7.77. The van der Waals surface area contributed by atoms with Gasteiger partial charge in [0.2, 0.25) is 0 Å². The zero-order valence-electron chi connectivity index (χ0n) is 11.8. The Morgan fingerprint density at radius 2 is 1.61 bits per heavy atom. The highest BCUT2D eigenvalue weighted by Crippen LogP contribution is 2.31. The number of rotatable bonds is 5. The zero-order valence-corrected chi connectivity index (χ0v) is 12.6. The maximum atomic E-state index is 12.0. The first-order valence-electron chi connectivity index (χ1n) is 6.51. The fourth-order valence-electron chi connectivity index (χ4n) is 1.62. The molecule has 0 heterocycles. The molecule has 1 amide bonds. The number of amides is 1. The molecule has 4 nitrogen and oxygen atoms in total. The molecule has 0 aliphatic heterocycles. The summed E-state index contributed by atoms with van der Waals surface area (Å²) in [6, 6.07) is 15.0. The Morgan fingerprint density at radius 1 is 1.00 bits per heavy atom. The standard InChI is InChI=1S/C15H13F3N2O2S/c16-15(17,18)23-20-13-8-6-12(7-9-13)19-14(21)22-10-11-4-2-1-3-5-11/h1-9,20H,10H2,(H,19,21). The number of ether oxygens (including phenoxy) is 1. The Balaban J connectivity index is 1.80. The molecule has 122 valence electrons. The summed E-state index contributed by atoms with van der Waals surface area (Å²) in [5.41, 5.74) is -2.81. The SMILES string of the molecule is O=C(Nc1ccc(NSC(F)(F)F)cc1)OCc1ccccc1. The van der Waals surface area contributed by atoms with E-state index in [-0.39, 0.29) is 24.2 Å². The van der Waals surface area contributed by atoms with Crippen LogP contribution in [0.5, 0.6) is 0 Å². The van der Waals surface area contributed by atoms with Gasteiger partial charge < -0.3 is 9.46 Å². The number of halogens is 3. The van der Waals surface area contributed by atoms with E-state index < -0.39 is 11.6 Å². The van der Waals surface area contributed by atoms with Crippen LogP contribution in [0, 0.1) is 0 Å². The molecule has 23 heavy (non-hydrogen) atoms. The average molecular weight is 342 g/mol. The van der Waals surface area contributed by atoms with Gasteiger partial charge >= 0.3 is 11.6 Å². The van der Waals surface area contributed by atoms with Gasteiger partial charge in [-0.3, -0.25) is 5.32 Å². The van der Waals surface area contributed by atoms with Gasteiger partial charge in [-0.05, 0) is 29.8 Å². The molecule has 0 saturated heterocycles. The third-order valence-corrected chi connectivity index (χ3v) is 3.20. The van der Waals surface area contributed by atoms with Crippen molar-refractivity contribution in [2.24, 2.45) is 0 Å². The van der Waals surface area contributed by atoms with E-state index in [2.05, 4.69) is 10.0 Å². The van der Waals surface area contributed by atoms with Crippen molar-refractivity contribution in [3.63, 3.8) is 0 Å². The van der Waals surface area contributed by atoms with Gasteiger partial charge in [0.15, 0.2) is 0 Å². The number of benzene rings is 2. The largest absolute Gasteiger partial charge is 0.461 e. The van der Waals surface area contributed by atoms with Crippen molar-refractivity contribution in [3.8, 4) is 0 Å². The summed E-state index contributed by atoms with van der Waals surface area (Å²) in [6.07, 6.45) is -0.640. The van der Waals surface area contributed by atoms with Crippen LogP contribution in [-0.2, 0) is 11.3 Å². The summed E-state index contributed by atoms with van der Waals surface area (Å²) in [4.78, 5) is 11.6. The van der Waals surface area contributed by atoms with Crippen LogP contribution in [0.2, 0.25) is 0 Å². The summed E-state index contributed by atoms with van der Waals surface area (Å²) in [5, 5.41) is 2.49. The van der Waals surface area contributed by atoms with Crippen molar-refractivity contribution in [1.82, 2.24) is 0 Å². The Hall–Kier alpha value is -2.35. The highest BCUT2D eigenvalue weighted by Gasteiger charge is 2.28. The molecular weight excluding hydrogens is 329 g/mol. The molecule has 0 bridgehead atoms. The van der Waals surface area contributed by atoms with Gasteiger partial charge in [-0.2, -0.15) is 13.2 Å². The number of hydrogen-bond acceptors (Lipinski definition) is 4. The molecule has 2 rings (SSSR count). The molecule has 0 aliphatic carbocycles. The van der Waals surface area contributed by atoms with Gasteiger partial charge in [-0.25, -0.2) is 4.79 Å². The Labute approximate surface area is 135 Å². The van der Waals surface area contributed by atoms with Crippen LogP contribution < -0.4 is 10.0 Å². The smallest absolute Gasteiger partial charge is 0.444 e. The van der Waals surface area contributed by atoms with Crippen LogP contribution in [0.4, 0.5) is 29.3 Å². The quantitative estimate of drug-likeness (QED) is 0.750. The molecule has 2 N–H and O–H groups in total. The van der Waals surface area contributed by atoms with E-state index in [9.17, 15) is 18.0 Å². The lowest BCUT2D eigenvalue weighted by Gasteiger charge is -2.10. The first-order valence-corrected chi connectivity index (χ1v) is 7.32. The third-order valence-electron chi connectivity index (χ3n) is 2.63. The second-order valence-corrected chi connectivity index (χ2v) is 5.29. The zero-order chi connectivity index (χ0) is 16.7. The monoisotopic (exact) mass is 342 g/mol. The van der Waals surface area contributed by atoms with Crippen molar-refractivity contribution in [1.29, 1.82) is 0 Å². The molecule has 2 aromatic carbocycles. The Kier molecular flexibility index (Phi) is 5.75. The number of carbonyl (C=O) groups is 1. The minimum absolute atomic E-state index is 0.133. The minimum Gasteiger partial charge on any atom is -0.444 e. The molecule has 0 aromatic heterocycles. The molecule has 8 heteroatoms. The number of nitrogens with one attached hydrogen (secondary N) is 2. The summed E-state index contributed by atoms with van der Waals surface area (Å²) >= 11 is -0.350. The van der Waals surface area contributed by atoms with E-state index in [1.54, 1.807) is 0 Å². The molecule has 0 atom stereocenters. The highest BCUT2D eigenvalue weighted by atomic mass is 32.2. The normalized spacial score (nSPS) is 10.9. The van der Waals surface area contributed by atoms with Crippen LogP contribution in [0.15, 0.2) is 54.6 Å². The predicted octanol–water partition coefficient (Wildman–Crippen LogP) is 5.02. The molecule has 0 saturated carbocycles. The van der Waals surface area contributed by atoms with Crippen molar-refractivity contribution < 1.29 is 22.7 Å². The van der Waals surface area contributed by atoms with Crippen molar-refractivity contribution in [2.45, 2.75) is 12.1 Å². The van der Waals surface area contributed by atoms with E-state index in [1.807, 2.05) is 30.3 Å². The fourth-order valence-corrected chi connectivity index (χ4v) is 1.99. The van der Waals surface area contributed by atoms with Crippen molar-refractivity contribution in [3.05, 3.63) is 60.2 Å². The fraction of sp³-hybridized carbons (Fsp3) is 0.133. The number of alkyl halides is 3. The van der Waals surface area contributed by atoms with Gasteiger partial charge in [0.1, 0.15) is 6.61 Å². The summed E-state index contributed by atoms with van der Waals surface area (Å²) in [6.45, 7) is 0.133. The molecule has 0 fully saturated rings. The maximum Gasteiger partial charge on any atom is 0.461 e. The molecule has 0 spiro atoms. The lowest BCUT2D eigenvalue weighted by atomic mass is 10.2. The first-order chi connectivity index (χ1) is 10.9. The maximum absolute atomic E-state index is 12.0. The van der Waals surface area contributed by atoms with Crippen LogP contribution in [-0.4, -0.2) is 11.6 Å². The van der Waals surface area contributed by atoms with E-state index in [4.69, 9.17) is 4.74 Å². The minimum atomic E-state index is -4.36. The molecule has 2 aromatic rings. The van der Waals surface area contributed by atoms with E-state index in [0.717, 1.165) is 5.56 Å². The van der Waals surface area contributed by atoms with Crippen molar-refractivity contribution in [2.75, 3.05) is 10.0 Å². The van der Waals surface area contributed by atoms with Gasteiger partial charge in [-0.1, -0.05) is 30.3 Å². The lowest BCUT2D eigenvalue weighted by molar-refractivity contribution is -0.0323. The lowest BCUT2D eigenvalue weighted by Crippen LogP contribution is -2.13. The van der Waals surface area contributed by atoms with Crippen LogP contribution >= 0.6 is 11.9 Å². The number of anilines is 2. The van der Waals surface area contributed by atoms with Crippen molar-refractivity contribution >= 4 is 29.4 Å². The van der Waals surface area contributed by atoms with Crippen LogP contribution in [0.25, 0.3) is 0 Å². The Morgan fingerprint density at radius 3 is 2.22 bits per heavy atom. The van der Waals surface area contributed by atoms with E-state index in [1.165, 1.54) is 24.3 Å². The van der Waals surface area contributed by atoms with E-state index >= 15 is 0 Å².